The molecule has 2 fully saturated rings. The molecule has 1 aliphatic heterocycles. The summed E-state index contributed by atoms with van der Waals surface area (Å²) >= 11 is 0. The van der Waals surface area contributed by atoms with Crippen LogP contribution in [0.25, 0.3) is 0 Å². The second kappa shape index (κ2) is 5.75. The summed E-state index contributed by atoms with van der Waals surface area (Å²) in [4.78, 5) is 2.57. The summed E-state index contributed by atoms with van der Waals surface area (Å²) in [5, 5.41) is 3.66. The maximum atomic E-state index is 3.66. The number of hydrogen-bond acceptors (Lipinski definition) is 2. The average molecular weight is 244 g/mol. The van der Waals surface area contributed by atoms with Gasteiger partial charge in [0, 0.05) is 18.8 Å². The van der Waals surface area contributed by atoms with Crippen molar-refractivity contribution in [1.29, 1.82) is 0 Å². The van der Waals surface area contributed by atoms with Crippen molar-refractivity contribution in [3.8, 4) is 0 Å². The Hall–Kier alpha value is -1.02. The first-order valence-electron chi connectivity index (χ1n) is 7.46. The van der Waals surface area contributed by atoms with Crippen LogP contribution in [0.1, 0.15) is 37.7 Å². The highest BCUT2D eigenvalue weighted by molar-refractivity contribution is 5.51. The fourth-order valence-electron chi connectivity index (χ4n) is 2.96. The third-order valence-electron chi connectivity index (χ3n) is 4.42. The van der Waals surface area contributed by atoms with Gasteiger partial charge >= 0.3 is 0 Å². The van der Waals surface area contributed by atoms with E-state index in [0.29, 0.717) is 0 Å². The van der Waals surface area contributed by atoms with Crippen molar-refractivity contribution in [3.63, 3.8) is 0 Å². The number of rotatable bonds is 5. The Labute approximate surface area is 110 Å². The van der Waals surface area contributed by atoms with Crippen molar-refractivity contribution in [2.24, 2.45) is 5.92 Å². The summed E-state index contributed by atoms with van der Waals surface area (Å²) in [6.45, 7) is 4.83. The predicted octanol–water partition coefficient (Wildman–Crippen LogP) is 3.49. The SMILES string of the molecule is c1ccc(NCC2CCC2)c(CN2CCCC2)c1. The number of benzene rings is 1. The van der Waals surface area contributed by atoms with Crippen molar-refractivity contribution in [1.82, 2.24) is 4.90 Å². The van der Waals surface area contributed by atoms with E-state index in [9.17, 15) is 0 Å². The minimum atomic E-state index is 0.921. The van der Waals surface area contributed by atoms with Gasteiger partial charge in [-0.15, -0.1) is 0 Å². The molecular weight excluding hydrogens is 220 g/mol. The predicted molar refractivity (Wildman–Crippen MR) is 76.8 cm³/mol. The zero-order chi connectivity index (χ0) is 12.2. The lowest BCUT2D eigenvalue weighted by Crippen LogP contribution is -2.23. The minimum Gasteiger partial charge on any atom is -0.385 e. The molecule has 0 atom stereocenters. The third kappa shape index (κ3) is 2.86. The molecule has 1 saturated heterocycles. The van der Waals surface area contributed by atoms with Gasteiger partial charge in [0.15, 0.2) is 0 Å². The lowest BCUT2D eigenvalue weighted by Gasteiger charge is -2.27. The first-order valence-corrected chi connectivity index (χ1v) is 7.46. The molecule has 1 saturated carbocycles. The van der Waals surface area contributed by atoms with E-state index in [0.717, 1.165) is 19.0 Å². The zero-order valence-corrected chi connectivity index (χ0v) is 11.2. The maximum absolute atomic E-state index is 3.66. The van der Waals surface area contributed by atoms with Gasteiger partial charge in [-0.1, -0.05) is 24.6 Å². The number of anilines is 1. The quantitative estimate of drug-likeness (QED) is 0.853. The molecular formula is C16H24N2. The van der Waals surface area contributed by atoms with Gasteiger partial charge < -0.3 is 5.32 Å². The molecule has 0 amide bonds. The van der Waals surface area contributed by atoms with Crippen molar-refractivity contribution in [2.45, 2.75) is 38.6 Å². The van der Waals surface area contributed by atoms with E-state index < -0.39 is 0 Å². The smallest absolute Gasteiger partial charge is 0.0385 e. The maximum Gasteiger partial charge on any atom is 0.0385 e. The molecule has 2 heteroatoms. The summed E-state index contributed by atoms with van der Waals surface area (Å²) in [5.74, 6) is 0.921. The Kier molecular flexibility index (Phi) is 3.84. The summed E-state index contributed by atoms with van der Waals surface area (Å²) in [6.07, 6.45) is 7.01. The molecule has 0 aromatic heterocycles. The molecule has 18 heavy (non-hydrogen) atoms. The van der Waals surface area contributed by atoms with Crippen LogP contribution in [0.5, 0.6) is 0 Å². The summed E-state index contributed by atoms with van der Waals surface area (Å²) in [6, 6.07) is 8.84. The van der Waals surface area contributed by atoms with Gasteiger partial charge in [-0.25, -0.2) is 0 Å². The molecule has 1 aromatic carbocycles. The molecule has 0 unspecified atom stereocenters. The van der Waals surface area contributed by atoms with Crippen LogP contribution in [-0.2, 0) is 6.54 Å². The van der Waals surface area contributed by atoms with Crippen LogP contribution in [0.15, 0.2) is 24.3 Å². The zero-order valence-electron chi connectivity index (χ0n) is 11.2. The highest BCUT2D eigenvalue weighted by Crippen LogP contribution is 2.27. The topological polar surface area (TPSA) is 15.3 Å². The second-order valence-electron chi connectivity index (χ2n) is 5.82. The van der Waals surface area contributed by atoms with Crippen LogP contribution < -0.4 is 5.32 Å². The molecule has 1 aliphatic carbocycles. The molecule has 0 radical (unpaired) electrons. The Morgan fingerprint density at radius 1 is 1.06 bits per heavy atom. The molecule has 3 rings (SSSR count). The van der Waals surface area contributed by atoms with Gasteiger partial charge in [0.05, 0.1) is 0 Å². The largest absolute Gasteiger partial charge is 0.385 e. The van der Waals surface area contributed by atoms with Crippen LogP contribution in [0, 0.1) is 5.92 Å². The van der Waals surface area contributed by atoms with Crippen LogP contribution in [0.3, 0.4) is 0 Å². The third-order valence-corrected chi connectivity index (χ3v) is 4.42. The minimum absolute atomic E-state index is 0.921. The van der Waals surface area contributed by atoms with Crippen LogP contribution >= 0.6 is 0 Å². The number of hydrogen-bond donors (Lipinski definition) is 1. The monoisotopic (exact) mass is 244 g/mol. The van der Waals surface area contributed by atoms with E-state index in [1.165, 1.54) is 56.4 Å². The first-order chi connectivity index (χ1) is 8.92. The molecule has 98 valence electrons. The standard InChI is InChI=1S/C16H24N2/c1-2-9-16(17-12-14-6-5-7-14)15(8-1)13-18-10-3-4-11-18/h1-2,8-9,14,17H,3-7,10-13H2. The van der Waals surface area contributed by atoms with Crippen LogP contribution in [0.4, 0.5) is 5.69 Å². The highest BCUT2D eigenvalue weighted by atomic mass is 15.1. The summed E-state index contributed by atoms with van der Waals surface area (Å²) in [7, 11) is 0. The molecule has 1 aromatic rings. The Morgan fingerprint density at radius 2 is 1.83 bits per heavy atom. The molecule has 2 nitrogen and oxygen atoms in total. The number of likely N-dealkylation sites (tertiary alicyclic amines) is 1. The van der Waals surface area contributed by atoms with E-state index in [-0.39, 0.29) is 0 Å². The van der Waals surface area contributed by atoms with Crippen LogP contribution in [0.2, 0.25) is 0 Å². The Bertz CT molecular complexity index is 378. The van der Waals surface area contributed by atoms with E-state index in [2.05, 4.69) is 34.5 Å². The fourth-order valence-corrected chi connectivity index (χ4v) is 2.96. The van der Waals surface area contributed by atoms with E-state index in [4.69, 9.17) is 0 Å². The Balaban J connectivity index is 1.60. The van der Waals surface area contributed by atoms with Gasteiger partial charge in [0.25, 0.3) is 0 Å². The van der Waals surface area contributed by atoms with Crippen molar-refractivity contribution in [2.75, 3.05) is 25.0 Å². The van der Waals surface area contributed by atoms with E-state index in [1.54, 1.807) is 0 Å². The van der Waals surface area contributed by atoms with Crippen molar-refractivity contribution in [3.05, 3.63) is 29.8 Å². The summed E-state index contributed by atoms with van der Waals surface area (Å²) in [5.41, 5.74) is 2.83. The van der Waals surface area contributed by atoms with E-state index >= 15 is 0 Å². The van der Waals surface area contributed by atoms with Crippen LogP contribution in [-0.4, -0.2) is 24.5 Å². The molecule has 0 spiro atoms. The van der Waals surface area contributed by atoms with Gasteiger partial charge in [-0.2, -0.15) is 0 Å². The van der Waals surface area contributed by atoms with Gasteiger partial charge in [0.1, 0.15) is 0 Å². The number of para-hydroxylation sites is 1. The molecule has 0 bridgehead atoms. The average Bonchev–Trinajstić information content (AvgIpc) is 2.82. The summed E-state index contributed by atoms with van der Waals surface area (Å²) < 4.78 is 0. The van der Waals surface area contributed by atoms with Gasteiger partial charge in [-0.05, 0) is 56.3 Å². The molecule has 2 aliphatic rings. The number of nitrogens with one attached hydrogen (secondary N) is 1. The highest BCUT2D eigenvalue weighted by Gasteiger charge is 2.18. The second-order valence-corrected chi connectivity index (χ2v) is 5.82. The van der Waals surface area contributed by atoms with Gasteiger partial charge in [-0.3, -0.25) is 4.90 Å². The Morgan fingerprint density at radius 3 is 2.56 bits per heavy atom. The lowest BCUT2D eigenvalue weighted by atomic mass is 9.85. The van der Waals surface area contributed by atoms with E-state index in [1.807, 2.05) is 0 Å². The van der Waals surface area contributed by atoms with Gasteiger partial charge in [0.2, 0.25) is 0 Å². The first kappa shape index (κ1) is 12.0. The van der Waals surface area contributed by atoms with Crippen molar-refractivity contribution < 1.29 is 0 Å². The van der Waals surface area contributed by atoms with Crippen molar-refractivity contribution >= 4 is 5.69 Å². The number of nitrogens with zero attached hydrogens (tertiary/aromatic N) is 1. The normalized spacial score (nSPS) is 20.9. The molecule has 1 N–H and O–H groups in total. The molecule has 1 heterocycles. The fraction of sp³-hybridized carbons (Fsp3) is 0.625. The lowest BCUT2D eigenvalue weighted by molar-refractivity contribution is 0.328.